The van der Waals surface area contributed by atoms with Crippen LogP contribution in [0.3, 0.4) is 0 Å². The van der Waals surface area contributed by atoms with Gasteiger partial charge in [0.05, 0.1) is 6.20 Å². The Morgan fingerprint density at radius 1 is 1.05 bits per heavy atom. The number of nitrogens with one attached hydrogen (secondary N) is 2. The molecule has 0 aliphatic heterocycles. The molecule has 2 N–H and O–H groups in total. The van der Waals surface area contributed by atoms with Gasteiger partial charge in [0.25, 0.3) is 5.56 Å². The summed E-state index contributed by atoms with van der Waals surface area (Å²) in [5.41, 5.74) is -1.13. The Labute approximate surface area is 224 Å². The predicted octanol–water partition coefficient (Wildman–Crippen LogP) is 3.80. The summed E-state index contributed by atoms with van der Waals surface area (Å²) in [7, 11) is 0. The van der Waals surface area contributed by atoms with Gasteiger partial charge in [-0.05, 0) is 38.5 Å². The number of anilines is 1. The van der Waals surface area contributed by atoms with Crippen LogP contribution in [0.2, 0.25) is 0 Å². The number of halogens is 1. The second kappa shape index (κ2) is 12.2. The normalized spacial score (nSPS) is 11.8. The first-order valence-corrected chi connectivity index (χ1v) is 12.1. The van der Waals surface area contributed by atoms with Crippen molar-refractivity contribution in [2.75, 3.05) is 5.32 Å². The second-order valence-corrected chi connectivity index (χ2v) is 9.71. The molecule has 204 valence electrons. The number of carbonyl (C=O) groups excluding carboxylic acids is 4. The van der Waals surface area contributed by atoms with E-state index >= 15 is 0 Å². The van der Waals surface area contributed by atoms with Gasteiger partial charge in [0, 0.05) is 25.5 Å². The minimum atomic E-state index is -1.52. The molecule has 0 saturated carbocycles. The Bertz CT molecular complexity index is 1450. The molecule has 2 aromatic carbocycles. The van der Waals surface area contributed by atoms with E-state index in [1.807, 2.05) is 0 Å². The van der Waals surface area contributed by atoms with Crippen molar-refractivity contribution in [3.05, 3.63) is 82.5 Å². The van der Waals surface area contributed by atoms with E-state index in [9.17, 15) is 28.4 Å². The topological polar surface area (TPSA) is 136 Å². The van der Waals surface area contributed by atoms with Gasteiger partial charge in [-0.15, -0.1) is 0 Å². The number of ether oxygens (including phenoxy) is 1. The van der Waals surface area contributed by atoms with Crippen LogP contribution in [0, 0.1) is 5.82 Å². The first-order valence-electron chi connectivity index (χ1n) is 12.1. The van der Waals surface area contributed by atoms with Crippen LogP contribution in [0.4, 0.5) is 14.9 Å². The lowest BCUT2D eigenvalue weighted by Crippen LogP contribution is -2.41. The van der Waals surface area contributed by atoms with Crippen LogP contribution < -0.4 is 16.2 Å². The first-order chi connectivity index (χ1) is 18.4. The van der Waals surface area contributed by atoms with Crippen molar-refractivity contribution in [2.24, 2.45) is 0 Å². The standard InChI is InChI=1S/C28H29FN4O6/c1-17(34)23(35)14-22(25(36)31-15-18-9-8-12-20(29)13-18)33-24(19-10-6-5-7-11-19)30-16-21(26(33)37)32-27(38)39-28(2,3)4/h5-13,16,22H,14-15H2,1-4H3,(H,31,36)(H,32,38). The number of ketones is 2. The molecule has 0 aliphatic rings. The van der Waals surface area contributed by atoms with Crippen LogP contribution in [-0.4, -0.2) is 38.7 Å². The molecule has 39 heavy (non-hydrogen) atoms. The Kier molecular flexibility index (Phi) is 9.08. The number of rotatable bonds is 9. The molecule has 0 spiro atoms. The van der Waals surface area contributed by atoms with Crippen molar-refractivity contribution < 1.29 is 28.3 Å². The number of hydrogen-bond acceptors (Lipinski definition) is 7. The highest BCUT2D eigenvalue weighted by Gasteiger charge is 2.30. The lowest BCUT2D eigenvalue weighted by molar-refractivity contribution is -0.137. The molecular formula is C28H29FN4O6. The molecule has 0 aliphatic carbocycles. The Hall–Kier alpha value is -4.67. The molecule has 3 aromatic rings. The van der Waals surface area contributed by atoms with Gasteiger partial charge in [0.1, 0.15) is 29.0 Å². The van der Waals surface area contributed by atoms with E-state index in [-0.39, 0.29) is 18.1 Å². The molecule has 0 saturated heterocycles. The van der Waals surface area contributed by atoms with Crippen LogP contribution >= 0.6 is 0 Å². The Morgan fingerprint density at radius 3 is 2.36 bits per heavy atom. The molecule has 0 radical (unpaired) electrons. The lowest BCUT2D eigenvalue weighted by atomic mass is 10.1. The summed E-state index contributed by atoms with van der Waals surface area (Å²) in [6.07, 6.45) is -0.450. The number of Topliss-reactive ketones (excluding diaryl/α,β-unsaturated/α-hetero) is 2. The Morgan fingerprint density at radius 2 is 1.74 bits per heavy atom. The van der Waals surface area contributed by atoms with Crippen molar-refractivity contribution in [3.63, 3.8) is 0 Å². The summed E-state index contributed by atoms with van der Waals surface area (Å²) in [5, 5.41) is 4.94. The Balaban J connectivity index is 2.11. The summed E-state index contributed by atoms with van der Waals surface area (Å²) in [4.78, 5) is 68.2. The molecule has 1 atom stereocenters. The summed E-state index contributed by atoms with van der Waals surface area (Å²) in [6.45, 7) is 5.89. The molecule has 2 amide bonds. The van der Waals surface area contributed by atoms with Crippen LogP contribution in [-0.2, 0) is 25.7 Å². The van der Waals surface area contributed by atoms with Crippen molar-refractivity contribution in [3.8, 4) is 11.4 Å². The SMILES string of the molecule is CC(=O)C(=O)CC(C(=O)NCc1cccc(F)c1)n1c(-c2ccccc2)ncc(NC(=O)OC(C)(C)C)c1=O. The van der Waals surface area contributed by atoms with Crippen LogP contribution in [0.25, 0.3) is 11.4 Å². The number of benzene rings is 2. The number of aromatic nitrogens is 2. The molecule has 0 fully saturated rings. The minimum Gasteiger partial charge on any atom is -0.444 e. The van der Waals surface area contributed by atoms with E-state index in [2.05, 4.69) is 15.6 Å². The van der Waals surface area contributed by atoms with E-state index in [0.717, 1.165) is 17.7 Å². The van der Waals surface area contributed by atoms with Crippen LogP contribution in [0.1, 0.15) is 45.7 Å². The summed E-state index contributed by atoms with van der Waals surface area (Å²) < 4.78 is 19.8. The zero-order chi connectivity index (χ0) is 28.7. The van der Waals surface area contributed by atoms with E-state index in [4.69, 9.17) is 4.74 Å². The fourth-order valence-electron chi connectivity index (χ4n) is 3.63. The zero-order valence-corrected chi connectivity index (χ0v) is 22.0. The van der Waals surface area contributed by atoms with E-state index in [0.29, 0.717) is 11.1 Å². The van der Waals surface area contributed by atoms with Crippen LogP contribution in [0.5, 0.6) is 0 Å². The highest BCUT2D eigenvalue weighted by molar-refractivity contribution is 6.36. The molecule has 1 heterocycles. The third-order valence-corrected chi connectivity index (χ3v) is 5.40. The van der Waals surface area contributed by atoms with Gasteiger partial charge in [0.2, 0.25) is 11.7 Å². The minimum absolute atomic E-state index is 0.0256. The lowest BCUT2D eigenvalue weighted by Gasteiger charge is -2.23. The van der Waals surface area contributed by atoms with E-state index in [1.54, 1.807) is 57.2 Å². The smallest absolute Gasteiger partial charge is 0.412 e. The van der Waals surface area contributed by atoms with Crippen LogP contribution in [0.15, 0.2) is 65.6 Å². The first kappa shape index (κ1) is 28.9. The predicted molar refractivity (Wildman–Crippen MR) is 141 cm³/mol. The van der Waals surface area contributed by atoms with Gasteiger partial charge in [0.15, 0.2) is 5.78 Å². The highest BCUT2D eigenvalue weighted by atomic mass is 19.1. The van der Waals surface area contributed by atoms with Gasteiger partial charge < -0.3 is 10.1 Å². The molecule has 11 heteroatoms. The maximum absolute atomic E-state index is 13.7. The molecule has 10 nitrogen and oxygen atoms in total. The van der Waals surface area contributed by atoms with Crippen molar-refractivity contribution in [1.82, 2.24) is 14.9 Å². The third kappa shape index (κ3) is 7.91. The molecule has 1 aromatic heterocycles. The quantitative estimate of drug-likeness (QED) is 0.397. The third-order valence-electron chi connectivity index (χ3n) is 5.40. The zero-order valence-electron chi connectivity index (χ0n) is 22.0. The largest absolute Gasteiger partial charge is 0.444 e. The average molecular weight is 537 g/mol. The monoisotopic (exact) mass is 536 g/mol. The highest BCUT2D eigenvalue weighted by Crippen LogP contribution is 2.23. The van der Waals surface area contributed by atoms with Gasteiger partial charge in [-0.3, -0.25) is 29.1 Å². The molecule has 1 unspecified atom stereocenters. The number of hydrogen-bond donors (Lipinski definition) is 2. The van der Waals surface area contributed by atoms with Gasteiger partial charge in [-0.1, -0.05) is 42.5 Å². The van der Waals surface area contributed by atoms with E-state index < -0.39 is 53.0 Å². The second-order valence-electron chi connectivity index (χ2n) is 9.71. The van der Waals surface area contributed by atoms with Gasteiger partial charge >= 0.3 is 6.09 Å². The summed E-state index contributed by atoms with van der Waals surface area (Å²) in [6, 6.07) is 12.4. The van der Waals surface area contributed by atoms with Crippen molar-refractivity contribution in [2.45, 2.75) is 52.3 Å². The summed E-state index contributed by atoms with van der Waals surface area (Å²) >= 11 is 0. The molecular weight excluding hydrogens is 507 g/mol. The number of nitrogens with zero attached hydrogens (tertiary/aromatic N) is 2. The number of carbonyl (C=O) groups is 4. The summed E-state index contributed by atoms with van der Waals surface area (Å²) in [5.74, 6) is -2.96. The van der Waals surface area contributed by atoms with Crippen molar-refractivity contribution >= 4 is 29.3 Å². The van der Waals surface area contributed by atoms with Gasteiger partial charge in [-0.2, -0.15) is 0 Å². The average Bonchev–Trinajstić information content (AvgIpc) is 2.86. The maximum atomic E-state index is 13.7. The fourth-order valence-corrected chi connectivity index (χ4v) is 3.63. The molecule has 3 rings (SSSR count). The van der Waals surface area contributed by atoms with Crippen molar-refractivity contribution in [1.29, 1.82) is 0 Å². The maximum Gasteiger partial charge on any atom is 0.412 e. The molecule has 0 bridgehead atoms. The van der Waals surface area contributed by atoms with E-state index in [1.165, 1.54) is 18.2 Å². The van der Waals surface area contributed by atoms with Gasteiger partial charge in [-0.25, -0.2) is 14.2 Å². The fraction of sp³-hybridized carbons (Fsp3) is 0.286. The number of amides is 2.